The molecule has 0 aromatic heterocycles. The molecule has 5 heteroatoms. The van der Waals surface area contributed by atoms with E-state index in [1.807, 2.05) is 0 Å². The topological polar surface area (TPSA) is 49.4 Å². The lowest BCUT2D eigenvalue weighted by atomic mass is 9.84. The molecule has 1 saturated heterocycles. The first kappa shape index (κ1) is 17.9. The summed E-state index contributed by atoms with van der Waals surface area (Å²) in [4.78, 5) is 2.27. The van der Waals surface area contributed by atoms with E-state index < -0.39 is 9.84 Å². The number of hydrogen-bond donors (Lipinski definition) is 1. The summed E-state index contributed by atoms with van der Waals surface area (Å²) in [5.74, 6) is 0.695. The summed E-state index contributed by atoms with van der Waals surface area (Å²) in [6.45, 7) is 10.8. The number of rotatable bonds is 8. The van der Waals surface area contributed by atoms with Gasteiger partial charge in [-0.1, -0.05) is 34.1 Å². The predicted molar refractivity (Wildman–Crippen MR) is 85.8 cm³/mol. The fourth-order valence-electron chi connectivity index (χ4n) is 3.13. The Morgan fingerprint density at radius 3 is 2.50 bits per heavy atom. The number of nitrogens with one attached hydrogen (secondary N) is 1. The zero-order chi connectivity index (χ0) is 15.4. The normalized spacial score (nSPS) is 25.2. The van der Waals surface area contributed by atoms with Crippen molar-refractivity contribution in [3.63, 3.8) is 0 Å². The Labute approximate surface area is 125 Å². The van der Waals surface area contributed by atoms with Crippen LogP contribution in [0.4, 0.5) is 0 Å². The van der Waals surface area contributed by atoms with Crippen LogP contribution in [-0.2, 0) is 9.84 Å². The molecule has 0 aliphatic carbocycles. The molecule has 0 radical (unpaired) electrons. The molecule has 0 saturated carbocycles. The summed E-state index contributed by atoms with van der Waals surface area (Å²) in [6, 6.07) is 0.693. The Hall–Kier alpha value is -0.130. The molecule has 1 rings (SSSR count). The van der Waals surface area contributed by atoms with Gasteiger partial charge in [0.15, 0.2) is 9.84 Å². The second kappa shape index (κ2) is 7.23. The molecule has 0 aromatic carbocycles. The SMILES string of the molecule is CCCC(C)(CNC(C)C)CN(C)C1CCS(=O)(=O)C1. The Kier molecular flexibility index (Phi) is 6.48. The smallest absolute Gasteiger partial charge is 0.151 e. The van der Waals surface area contributed by atoms with Crippen LogP contribution in [0.1, 0.15) is 47.0 Å². The van der Waals surface area contributed by atoms with Crippen LogP contribution >= 0.6 is 0 Å². The van der Waals surface area contributed by atoms with Crippen LogP contribution < -0.4 is 5.32 Å². The summed E-state index contributed by atoms with van der Waals surface area (Å²) in [5, 5.41) is 3.54. The molecule has 0 spiro atoms. The minimum absolute atomic E-state index is 0.204. The Morgan fingerprint density at radius 2 is 2.05 bits per heavy atom. The van der Waals surface area contributed by atoms with Gasteiger partial charge in [0.05, 0.1) is 11.5 Å². The van der Waals surface area contributed by atoms with Gasteiger partial charge in [-0.2, -0.15) is 0 Å². The average Bonchev–Trinajstić information content (AvgIpc) is 2.68. The van der Waals surface area contributed by atoms with Gasteiger partial charge < -0.3 is 10.2 Å². The lowest BCUT2D eigenvalue weighted by Gasteiger charge is -2.37. The van der Waals surface area contributed by atoms with Crippen LogP contribution in [0.3, 0.4) is 0 Å². The molecular formula is C15H32N2O2S. The highest BCUT2D eigenvalue weighted by Gasteiger charge is 2.34. The summed E-state index contributed by atoms with van der Waals surface area (Å²) in [7, 11) is -0.713. The van der Waals surface area contributed by atoms with Crippen LogP contribution in [0.2, 0.25) is 0 Å². The van der Waals surface area contributed by atoms with Crippen molar-refractivity contribution in [2.45, 2.75) is 59.0 Å². The molecular weight excluding hydrogens is 272 g/mol. The molecule has 0 bridgehead atoms. The maximum Gasteiger partial charge on any atom is 0.151 e. The van der Waals surface area contributed by atoms with E-state index in [1.54, 1.807) is 0 Å². The third-order valence-electron chi connectivity index (χ3n) is 4.25. The van der Waals surface area contributed by atoms with Crippen molar-refractivity contribution < 1.29 is 8.42 Å². The minimum atomic E-state index is -2.79. The van der Waals surface area contributed by atoms with Crippen molar-refractivity contribution >= 4 is 9.84 Å². The Balaban J connectivity index is 2.60. The molecule has 0 aromatic rings. The molecule has 120 valence electrons. The van der Waals surface area contributed by atoms with Crippen molar-refractivity contribution in [1.29, 1.82) is 0 Å². The van der Waals surface area contributed by atoms with E-state index in [-0.39, 0.29) is 11.5 Å². The number of nitrogens with zero attached hydrogens (tertiary/aromatic N) is 1. The second-order valence-corrected chi connectivity index (χ2v) is 9.30. The van der Waals surface area contributed by atoms with E-state index in [4.69, 9.17) is 0 Å². The predicted octanol–water partition coefficient (Wildman–Crippen LogP) is 1.91. The molecule has 0 amide bonds. The van der Waals surface area contributed by atoms with Crippen LogP contribution in [0.25, 0.3) is 0 Å². The van der Waals surface area contributed by atoms with Gasteiger partial charge in [-0.3, -0.25) is 0 Å². The van der Waals surface area contributed by atoms with Gasteiger partial charge in [0.1, 0.15) is 0 Å². The Morgan fingerprint density at radius 1 is 1.40 bits per heavy atom. The quantitative estimate of drug-likeness (QED) is 0.744. The van der Waals surface area contributed by atoms with Gasteiger partial charge in [-0.15, -0.1) is 0 Å². The van der Waals surface area contributed by atoms with Crippen molar-refractivity contribution in [2.24, 2.45) is 5.41 Å². The van der Waals surface area contributed by atoms with Gasteiger partial charge in [0.2, 0.25) is 0 Å². The third kappa shape index (κ3) is 5.70. The van der Waals surface area contributed by atoms with Gasteiger partial charge >= 0.3 is 0 Å². The van der Waals surface area contributed by atoms with Crippen LogP contribution in [0, 0.1) is 5.41 Å². The van der Waals surface area contributed by atoms with E-state index in [9.17, 15) is 8.42 Å². The van der Waals surface area contributed by atoms with Gasteiger partial charge in [0.25, 0.3) is 0 Å². The molecule has 1 aliphatic heterocycles. The highest BCUT2D eigenvalue weighted by molar-refractivity contribution is 7.91. The molecule has 4 nitrogen and oxygen atoms in total. The van der Waals surface area contributed by atoms with E-state index in [0.717, 1.165) is 32.4 Å². The van der Waals surface area contributed by atoms with E-state index in [2.05, 4.69) is 45.0 Å². The summed E-state index contributed by atoms with van der Waals surface area (Å²) in [5.41, 5.74) is 0.208. The Bertz CT molecular complexity index is 395. The van der Waals surface area contributed by atoms with Gasteiger partial charge in [-0.05, 0) is 25.3 Å². The third-order valence-corrected chi connectivity index (χ3v) is 6.00. The molecule has 2 unspecified atom stereocenters. The van der Waals surface area contributed by atoms with Crippen molar-refractivity contribution in [1.82, 2.24) is 10.2 Å². The van der Waals surface area contributed by atoms with E-state index in [1.165, 1.54) is 0 Å². The first-order valence-corrected chi connectivity index (χ1v) is 9.63. The van der Waals surface area contributed by atoms with Crippen LogP contribution in [-0.4, -0.2) is 57.0 Å². The molecule has 1 aliphatic rings. The van der Waals surface area contributed by atoms with E-state index >= 15 is 0 Å². The molecule has 20 heavy (non-hydrogen) atoms. The highest BCUT2D eigenvalue weighted by atomic mass is 32.2. The van der Waals surface area contributed by atoms with Crippen LogP contribution in [0.5, 0.6) is 0 Å². The number of sulfone groups is 1. The summed E-state index contributed by atoms with van der Waals surface area (Å²) < 4.78 is 23.2. The summed E-state index contributed by atoms with van der Waals surface area (Å²) >= 11 is 0. The lowest BCUT2D eigenvalue weighted by molar-refractivity contribution is 0.142. The second-order valence-electron chi connectivity index (χ2n) is 7.07. The van der Waals surface area contributed by atoms with Gasteiger partial charge in [-0.25, -0.2) is 8.42 Å². The first-order valence-electron chi connectivity index (χ1n) is 7.81. The minimum Gasteiger partial charge on any atom is -0.314 e. The van der Waals surface area contributed by atoms with Crippen LogP contribution in [0.15, 0.2) is 0 Å². The largest absolute Gasteiger partial charge is 0.314 e. The van der Waals surface area contributed by atoms with Crippen molar-refractivity contribution in [3.05, 3.63) is 0 Å². The highest BCUT2D eigenvalue weighted by Crippen LogP contribution is 2.26. The molecule has 1 heterocycles. The van der Waals surface area contributed by atoms with Crippen molar-refractivity contribution in [2.75, 3.05) is 31.6 Å². The molecule has 1 N–H and O–H groups in total. The van der Waals surface area contributed by atoms with E-state index in [0.29, 0.717) is 17.5 Å². The monoisotopic (exact) mass is 304 g/mol. The standard InChI is InChI=1S/C15H32N2O2S/c1-6-8-15(4,11-16-13(2)3)12-17(5)14-7-9-20(18,19)10-14/h13-14,16H,6-12H2,1-5H3. The summed E-state index contributed by atoms with van der Waals surface area (Å²) in [6.07, 6.45) is 3.11. The fourth-order valence-corrected chi connectivity index (χ4v) is 4.94. The van der Waals surface area contributed by atoms with Crippen molar-refractivity contribution in [3.8, 4) is 0 Å². The lowest BCUT2D eigenvalue weighted by Crippen LogP contribution is -2.46. The van der Waals surface area contributed by atoms with Gasteiger partial charge in [0, 0.05) is 25.2 Å². The maximum absolute atomic E-state index is 11.6. The zero-order valence-corrected chi connectivity index (χ0v) is 14.6. The zero-order valence-electron chi connectivity index (χ0n) is 13.8. The number of hydrogen-bond acceptors (Lipinski definition) is 4. The molecule has 2 atom stereocenters. The molecule has 1 fully saturated rings. The first-order chi connectivity index (χ1) is 9.17. The fraction of sp³-hybridized carbons (Fsp3) is 1.00. The average molecular weight is 305 g/mol. The maximum atomic E-state index is 11.6.